The maximum Gasteiger partial charge on any atom is 0.328 e. The quantitative estimate of drug-likeness (QED) is 0.470. The van der Waals surface area contributed by atoms with Crippen molar-refractivity contribution >= 4 is 33.3 Å². The van der Waals surface area contributed by atoms with E-state index in [4.69, 9.17) is 4.74 Å². The summed E-state index contributed by atoms with van der Waals surface area (Å²) in [5.74, 6) is -0.311. The van der Waals surface area contributed by atoms with Crippen LogP contribution in [0.3, 0.4) is 0 Å². The van der Waals surface area contributed by atoms with Crippen LogP contribution in [0.4, 0.5) is 11.4 Å². The lowest BCUT2D eigenvalue weighted by atomic mass is 10.0. The highest BCUT2D eigenvalue weighted by molar-refractivity contribution is 9.10. The van der Waals surface area contributed by atoms with Crippen molar-refractivity contribution in [2.45, 2.75) is 32.2 Å². The molecular weight excluding hydrogens is 340 g/mol. The molecule has 1 aliphatic heterocycles. The summed E-state index contributed by atoms with van der Waals surface area (Å²) in [6, 6.07) is 4.45. The number of carbonyl (C=O) groups is 1. The molecule has 1 aromatic carbocycles. The van der Waals surface area contributed by atoms with E-state index in [0.29, 0.717) is 29.7 Å². The summed E-state index contributed by atoms with van der Waals surface area (Å²) < 4.78 is 5.74. The molecule has 1 saturated heterocycles. The molecule has 0 saturated carbocycles. The minimum atomic E-state index is -0.446. The number of esters is 1. The molecule has 1 fully saturated rings. The van der Waals surface area contributed by atoms with Crippen LogP contribution in [0.1, 0.15) is 26.2 Å². The molecule has 0 N–H and O–H groups in total. The Morgan fingerprint density at radius 1 is 1.52 bits per heavy atom. The molecule has 6 nitrogen and oxygen atoms in total. The predicted molar refractivity (Wildman–Crippen MR) is 82.4 cm³/mol. The zero-order chi connectivity index (χ0) is 15.4. The molecule has 0 radical (unpaired) electrons. The van der Waals surface area contributed by atoms with Crippen LogP contribution in [-0.4, -0.2) is 30.1 Å². The number of halogens is 1. The number of ether oxygens (including phenoxy) is 1. The third kappa shape index (κ3) is 3.53. The first kappa shape index (κ1) is 15.8. The number of nitro benzene ring substituents is 1. The second kappa shape index (κ2) is 6.89. The lowest BCUT2D eigenvalue weighted by Gasteiger charge is -2.35. The van der Waals surface area contributed by atoms with Gasteiger partial charge in [0.2, 0.25) is 0 Å². The first-order valence-electron chi connectivity index (χ1n) is 6.91. The molecule has 0 bridgehead atoms. The molecule has 7 heteroatoms. The van der Waals surface area contributed by atoms with Crippen molar-refractivity contribution in [3.05, 3.63) is 32.8 Å². The van der Waals surface area contributed by atoms with Crippen LogP contribution >= 0.6 is 15.9 Å². The number of rotatable bonds is 4. The normalized spacial score (nSPS) is 18.4. The van der Waals surface area contributed by atoms with Gasteiger partial charge in [-0.1, -0.05) is 15.9 Å². The van der Waals surface area contributed by atoms with Crippen molar-refractivity contribution in [1.29, 1.82) is 0 Å². The van der Waals surface area contributed by atoms with Crippen LogP contribution in [0, 0.1) is 10.1 Å². The third-order valence-corrected chi connectivity index (χ3v) is 4.00. The van der Waals surface area contributed by atoms with E-state index in [9.17, 15) is 14.9 Å². The molecule has 0 spiro atoms. The van der Waals surface area contributed by atoms with Crippen molar-refractivity contribution in [3.63, 3.8) is 0 Å². The van der Waals surface area contributed by atoms with Crippen molar-refractivity contribution in [3.8, 4) is 0 Å². The van der Waals surface area contributed by atoms with Crippen LogP contribution < -0.4 is 4.90 Å². The SMILES string of the molecule is CCOC(=O)C1CCCCN1c1ccc(Br)cc1[N+](=O)[O-]. The summed E-state index contributed by atoms with van der Waals surface area (Å²) in [5.41, 5.74) is 0.474. The number of hydrogen-bond donors (Lipinski definition) is 0. The van der Waals surface area contributed by atoms with E-state index in [2.05, 4.69) is 15.9 Å². The second-order valence-corrected chi connectivity index (χ2v) is 5.76. The molecule has 0 aliphatic carbocycles. The molecule has 1 atom stereocenters. The van der Waals surface area contributed by atoms with Gasteiger partial charge < -0.3 is 9.64 Å². The Hall–Kier alpha value is -1.63. The predicted octanol–water partition coefficient (Wildman–Crippen LogP) is 3.28. The van der Waals surface area contributed by atoms with Crippen LogP contribution in [0.5, 0.6) is 0 Å². The van der Waals surface area contributed by atoms with Gasteiger partial charge in [-0.15, -0.1) is 0 Å². The number of anilines is 1. The van der Waals surface area contributed by atoms with Crippen LogP contribution in [-0.2, 0) is 9.53 Å². The number of nitrogens with zero attached hydrogens (tertiary/aromatic N) is 2. The molecule has 1 aromatic rings. The summed E-state index contributed by atoms with van der Waals surface area (Å²) in [6.45, 7) is 2.69. The molecule has 114 valence electrons. The molecule has 1 heterocycles. The summed E-state index contributed by atoms with van der Waals surface area (Å²) >= 11 is 3.24. The van der Waals surface area contributed by atoms with Gasteiger partial charge in [0, 0.05) is 17.1 Å². The van der Waals surface area contributed by atoms with E-state index in [-0.39, 0.29) is 11.7 Å². The van der Waals surface area contributed by atoms with E-state index in [1.807, 2.05) is 0 Å². The topological polar surface area (TPSA) is 72.7 Å². The van der Waals surface area contributed by atoms with Crippen LogP contribution in [0.25, 0.3) is 0 Å². The standard InChI is InChI=1S/C14H17BrN2O4/c1-2-21-14(18)12-5-3-4-8-16(12)11-7-6-10(15)9-13(11)17(19)20/h6-7,9,12H,2-5,8H2,1H3. The smallest absolute Gasteiger partial charge is 0.328 e. The minimum absolute atomic E-state index is 0.000531. The maximum absolute atomic E-state index is 12.1. The van der Waals surface area contributed by atoms with E-state index >= 15 is 0 Å². The highest BCUT2D eigenvalue weighted by atomic mass is 79.9. The van der Waals surface area contributed by atoms with Gasteiger partial charge in [-0.05, 0) is 38.3 Å². The Morgan fingerprint density at radius 2 is 2.29 bits per heavy atom. The third-order valence-electron chi connectivity index (χ3n) is 3.51. The zero-order valence-electron chi connectivity index (χ0n) is 11.8. The van der Waals surface area contributed by atoms with Crippen molar-refractivity contribution in [1.82, 2.24) is 0 Å². The van der Waals surface area contributed by atoms with Crippen molar-refractivity contribution in [2.24, 2.45) is 0 Å². The highest BCUT2D eigenvalue weighted by Crippen LogP contribution is 2.35. The lowest BCUT2D eigenvalue weighted by Crippen LogP contribution is -2.45. The number of hydrogen-bond acceptors (Lipinski definition) is 5. The highest BCUT2D eigenvalue weighted by Gasteiger charge is 2.33. The molecular formula is C14H17BrN2O4. The fourth-order valence-electron chi connectivity index (χ4n) is 2.59. The Morgan fingerprint density at radius 3 is 2.95 bits per heavy atom. The second-order valence-electron chi connectivity index (χ2n) is 4.85. The van der Waals surface area contributed by atoms with Gasteiger partial charge in [0.25, 0.3) is 5.69 Å². The van der Waals surface area contributed by atoms with Gasteiger partial charge in [-0.3, -0.25) is 10.1 Å². The van der Waals surface area contributed by atoms with Crippen LogP contribution in [0.15, 0.2) is 22.7 Å². The van der Waals surface area contributed by atoms with Crippen molar-refractivity contribution in [2.75, 3.05) is 18.1 Å². The first-order valence-corrected chi connectivity index (χ1v) is 7.71. The maximum atomic E-state index is 12.1. The van der Waals surface area contributed by atoms with Gasteiger partial charge in [-0.2, -0.15) is 0 Å². The number of nitro groups is 1. The van der Waals surface area contributed by atoms with Gasteiger partial charge in [-0.25, -0.2) is 4.79 Å². The van der Waals surface area contributed by atoms with E-state index < -0.39 is 11.0 Å². The Kier molecular flexibility index (Phi) is 5.17. The Bertz CT molecular complexity index is 550. The molecule has 0 amide bonds. The van der Waals surface area contributed by atoms with E-state index in [0.717, 1.165) is 12.8 Å². The molecule has 21 heavy (non-hydrogen) atoms. The number of benzene rings is 1. The molecule has 0 aromatic heterocycles. The largest absolute Gasteiger partial charge is 0.464 e. The molecule has 2 rings (SSSR count). The number of piperidine rings is 1. The van der Waals surface area contributed by atoms with E-state index in [1.165, 1.54) is 6.07 Å². The minimum Gasteiger partial charge on any atom is -0.464 e. The van der Waals surface area contributed by atoms with Crippen molar-refractivity contribution < 1.29 is 14.5 Å². The zero-order valence-corrected chi connectivity index (χ0v) is 13.3. The summed E-state index contributed by atoms with van der Waals surface area (Å²) in [7, 11) is 0. The summed E-state index contributed by atoms with van der Waals surface area (Å²) in [5, 5.41) is 11.3. The molecule has 1 unspecified atom stereocenters. The fraction of sp³-hybridized carbons (Fsp3) is 0.500. The fourth-order valence-corrected chi connectivity index (χ4v) is 2.94. The van der Waals surface area contributed by atoms with E-state index in [1.54, 1.807) is 24.0 Å². The Labute approximate surface area is 131 Å². The average molecular weight is 357 g/mol. The first-order chi connectivity index (χ1) is 10.0. The van der Waals surface area contributed by atoms with Gasteiger partial charge >= 0.3 is 5.97 Å². The van der Waals surface area contributed by atoms with Crippen LogP contribution in [0.2, 0.25) is 0 Å². The molecule has 1 aliphatic rings. The van der Waals surface area contributed by atoms with Gasteiger partial charge in [0.15, 0.2) is 0 Å². The monoisotopic (exact) mass is 356 g/mol. The van der Waals surface area contributed by atoms with Gasteiger partial charge in [0.1, 0.15) is 11.7 Å². The lowest BCUT2D eigenvalue weighted by molar-refractivity contribution is -0.384. The summed E-state index contributed by atoms with van der Waals surface area (Å²) in [4.78, 5) is 24.7. The average Bonchev–Trinajstić information content (AvgIpc) is 2.47. The van der Waals surface area contributed by atoms with Gasteiger partial charge in [0.05, 0.1) is 11.5 Å². The summed E-state index contributed by atoms with van der Waals surface area (Å²) in [6.07, 6.45) is 2.49. The number of carbonyl (C=O) groups excluding carboxylic acids is 1. The Balaban J connectivity index is 2.37.